The molecule has 1 atom stereocenters. The third-order valence-electron chi connectivity index (χ3n) is 4.31. The monoisotopic (exact) mass is 413 g/mol. The van der Waals surface area contributed by atoms with Crippen LogP contribution in [0, 0.1) is 0 Å². The lowest BCUT2D eigenvalue weighted by atomic mass is 10.2. The Morgan fingerprint density at radius 1 is 1.13 bits per heavy atom. The minimum absolute atomic E-state index is 0.184. The van der Waals surface area contributed by atoms with Gasteiger partial charge in [-0.25, -0.2) is 4.79 Å². The lowest BCUT2D eigenvalue weighted by Crippen LogP contribution is -3.11. The van der Waals surface area contributed by atoms with Gasteiger partial charge < -0.3 is 23.8 Å². The first-order chi connectivity index (χ1) is 14.6. The Hall–Kier alpha value is -3.46. The van der Waals surface area contributed by atoms with Crippen LogP contribution in [0.4, 0.5) is 5.69 Å². The minimum atomic E-state index is -0.470. The van der Waals surface area contributed by atoms with Crippen LogP contribution in [0.25, 0.3) is 11.7 Å². The van der Waals surface area contributed by atoms with E-state index in [9.17, 15) is 9.59 Å². The van der Waals surface area contributed by atoms with Crippen molar-refractivity contribution in [3.8, 4) is 11.7 Å². The molecule has 0 aliphatic heterocycles. The second-order valence-corrected chi connectivity index (χ2v) is 6.65. The average Bonchev–Trinajstić information content (AvgIpc) is 3.40. The highest BCUT2D eigenvalue weighted by Gasteiger charge is 2.21. The first-order valence-electron chi connectivity index (χ1n) is 9.86. The van der Waals surface area contributed by atoms with Gasteiger partial charge in [0.2, 0.25) is 0 Å². The summed E-state index contributed by atoms with van der Waals surface area (Å²) in [6.07, 6.45) is 2.41. The molecule has 0 radical (unpaired) electrons. The normalized spacial score (nSPS) is 11.8. The Labute approximate surface area is 174 Å². The lowest BCUT2D eigenvalue weighted by Gasteiger charge is -2.17. The molecule has 1 amide bonds. The summed E-state index contributed by atoms with van der Waals surface area (Å²) in [5, 5.41) is 10.9. The van der Waals surface area contributed by atoms with Gasteiger partial charge in [-0.1, -0.05) is 19.1 Å². The van der Waals surface area contributed by atoms with Crippen molar-refractivity contribution in [1.29, 1.82) is 0 Å². The fourth-order valence-corrected chi connectivity index (χ4v) is 3.03. The maximum atomic E-state index is 12.6. The third kappa shape index (κ3) is 5.54. The molecule has 3 aromatic rings. The van der Waals surface area contributed by atoms with E-state index < -0.39 is 5.97 Å². The number of benzene rings is 1. The number of amides is 1. The summed E-state index contributed by atoms with van der Waals surface area (Å²) >= 11 is 0. The van der Waals surface area contributed by atoms with Gasteiger partial charge in [0.05, 0.1) is 30.7 Å². The van der Waals surface area contributed by atoms with Crippen LogP contribution in [0.15, 0.2) is 51.5 Å². The summed E-state index contributed by atoms with van der Waals surface area (Å²) in [5.41, 5.74) is 0.749. The second-order valence-electron chi connectivity index (χ2n) is 6.65. The number of ether oxygens (including phenoxy) is 1. The number of carbonyl (C=O) groups excluding carboxylic acids is 2. The molecule has 0 saturated carbocycles. The van der Waals surface area contributed by atoms with Crippen molar-refractivity contribution in [2.24, 2.45) is 0 Å². The summed E-state index contributed by atoms with van der Waals surface area (Å²) in [6.45, 7) is 5.36. The van der Waals surface area contributed by atoms with Crippen LogP contribution in [0.1, 0.15) is 36.5 Å². The van der Waals surface area contributed by atoms with Gasteiger partial charge in [0.15, 0.2) is 18.8 Å². The number of rotatable bonds is 10. The molecule has 0 spiro atoms. The average molecular weight is 413 g/mol. The SMILES string of the molecule is CCC[NH+](CC(=O)Nc1ccccc1C(=O)OCC)Cc1nnc(-c2ccco2)o1. The number of furan rings is 1. The van der Waals surface area contributed by atoms with E-state index in [1.54, 1.807) is 43.3 Å². The summed E-state index contributed by atoms with van der Waals surface area (Å²) in [4.78, 5) is 25.7. The Balaban J connectivity index is 1.64. The van der Waals surface area contributed by atoms with Crippen molar-refractivity contribution in [1.82, 2.24) is 10.2 Å². The molecular weight excluding hydrogens is 388 g/mol. The number of quaternary nitrogens is 1. The molecule has 0 aliphatic rings. The number of nitrogens with zero attached hydrogens (tertiary/aromatic N) is 2. The molecule has 2 aromatic heterocycles. The highest BCUT2D eigenvalue weighted by atomic mass is 16.5. The van der Waals surface area contributed by atoms with Gasteiger partial charge in [-0.15, -0.1) is 10.2 Å². The van der Waals surface area contributed by atoms with Crippen LogP contribution < -0.4 is 10.2 Å². The van der Waals surface area contributed by atoms with Crippen molar-refractivity contribution in [2.45, 2.75) is 26.8 Å². The Morgan fingerprint density at radius 2 is 1.97 bits per heavy atom. The molecule has 0 fully saturated rings. The van der Waals surface area contributed by atoms with Crippen molar-refractivity contribution in [2.75, 3.05) is 25.0 Å². The van der Waals surface area contributed by atoms with E-state index in [4.69, 9.17) is 13.6 Å². The molecule has 9 heteroatoms. The topological polar surface area (TPSA) is 112 Å². The van der Waals surface area contributed by atoms with Gasteiger partial charge >= 0.3 is 5.97 Å². The zero-order valence-corrected chi connectivity index (χ0v) is 17.0. The highest BCUT2D eigenvalue weighted by molar-refractivity contribution is 6.01. The smallest absolute Gasteiger partial charge is 0.340 e. The summed E-state index contributed by atoms with van der Waals surface area (Å²) in [6, 6.07) is 10.3. The van der Waals surface area contributed by atoms with Gasteiger partial charge in [0, 0.05) is 0 Å². The molecule has 30 heavy (non-hydrogen) atoms. The first kappa shape index (κ1) is 21.3. The van der Waals surface area contributed by atoms with E-state index in [0.717, 1.165) is 17.9 Å². The van der Waals surface area contributed by atoms with Gasteiger partial charge in [-0.2, -0.15) is 0 Å². The van der Waals surface area contributed by atoms with E-state index in [0.29, 0.717) is 35.3 Å². The van der Waals surface area contributed by atoms with Crippen molar-refractivity contribution < 1.29 is 28.1 Å². The first-order valence-corrected chi connectivity index (χ1v) is 9.86. The van der Waals surface area contributed by atoms with E-state index in [1.165, 1.54) is 6.26 Å². The van der Waals surface area contributed by atoms with Gasteiger partial charge in [0.25, 0.3) is 17.7 Å². The molecule has 2 heterocycles. The van der Waals surface area contributed by atoms with E-state index in [-0.39, 0.29) is 19.1 Å². The number of hydrogen-bond acceptors (Lipinski definition) is 7. The lowest BCUT2D eigenvalue weighted by molar-refractivity contribution is -0.907. The predicted octanol–water partition coefficient (Wildman–Crippen LogP) is 1.94. The second kappa shape index (κ2) is 10.4. The molecular formula is C21H25N4O5+. The molecule has 0 bridgehead atoms. The Bertz CT molecular complexity index is 967. The molecule has 1 unspecified atom stereocenters. The van der Waals surface area contributed by atoms with Gasteiger partial charge in [-0.05, 0) is 37.6 Å². The number of anilines is 1. The molecule has 1 aromatic carbocycles. The van der Waals surface area contributed by atoms with Crippen molar-refractivity contribution in [3.63, 3.8) is 0 Å². The van der Waals surface area contributed by atoms with Crippen molar-refractivity contribution in [3.05, 3.63) is 54.1 Å². The molecule has 9 nitrogen and oxygen atoms in total. The Morgan fingerprint density at radius 3 is 2.70 bits per heavy atom. The van der Waals surface area contributed by atoms with Crippen LogP contribution in [-0.2, 0) is 16.1 Å². The summed E-state index contributed by atoms with van der Waals surface area (Å²) in [7, 11) is 0. The van der Waals surface area contributed by atoms with Gasteiger partial charge in [-0.3, -0.25) is 4.79 Å². The summed E-state index contributed by atoms with van der Waals surface area (Å²) in [5.74, 6) is 0.533. The third-order valence-corrected chi connectivity index (χ3v) is 4.31. The van der Waals surface area contributed by atoms with E-state index >= 15 is 0 Å². The number of para-hydroxylation sites is 1. The fourth-order valence-electron chi connectivity index (χ4n) is 3.03. The molecule has 0 saturated heterocycles. The van der Waals surface area contributed by atoms with Crippen molar-refractivity contribution >= 4 is 17.6 Å². The molecule has 3 rings (SSSR count). The van der Waals surface area contributed by atoms with E-state index in [1.807, 2.05) is 6.92 Å². The van der Waals surface area contributed by atoms with Crippen LogP contribution in [0.2, 0.25) is 0 Å². The standard InChI is InChI=1S/C21H24N4O5/c1-3-11-25(14-19-23-24-20(30-19)17-10-7-12-29-17)13-18(26)22-16-9-6-5-8-15(16)21(27)28-4-2/h5-10,12H,3-4,11,13-14H2,1-2H3,(H,22,26)/p+1. The molecule has 2 N–H and O–H groups in total. The maximum absolute atomic E-state index is 12.6. The van der Waals surface area contributed by atoms with Crippen LogP contribution in [0.5, 0.6) is 0 Å². The maximum Gasteiger partial charge on any atom is 0.340 e. The predicted molar refractivity (Wildman–Crippen MR) is 108 cm³/mol. The number of hydrogen-bond donors (Lipinski definition) is 2. The number of carbonyl (C=O) groups is 2. The van der Waals surface area contributed by atoms with Crippen LogP contribution in [0.3, 0.4) is 0 Å². The number of nitrogens with one attached hydrogen (secondary N) is 2. The summed E-state index contributed by atoms with van der Waals surface area (Å²) < 4.78 is 16.0. The van der Waals surface area contributed by atoms with Crippen LogP contribution >= 0.6 is 0 Å². The highest BCUT2D eigenvalue weighted by Crippen LogP contribution is 2.18. The number of esters is 1. The number of aromatic nitrogens is 2. The minimum Gasteiger partial charge on any atom is -0.462 e. The quantitative estimate of drug-likeness (QED) is 0.489. The zero-order valence-electron chi connectivity index (χ0n) is 17.0. The van der Waals surface area contributed by atoms with Crippen LogP contribution in [-0.4, -0.2) is 41.8 Å². The largest absolute Gasteiger partial charge is 0.462 e. The van der Waals surface area contributed by atoms with E-state index in [2.05, 4.69) is 15.5 Å². The zero-order chi connectivity index (χ0) is 21.3. The molecule has 158 valence electrons. The molecule has 0 aliphatic carbocycles. The van der Waals surface area contributed by atoms with Gasteiger partial charge in [0.1, 0.15) is 0 Å². The fraction of sp³-hybridized carbons (Fsp3) is 0.333. The Kier molecular flexibility index (Phi) is 7.34.